The molecular weight excluding hydrogens is 388 g/mol. The molecule has 0 aromatic heterocycles. The first-order valence-corrected chi connectivity index (χ1v) is 8.99. The molecule has 0 radical (unpaired) electrons. The number of carbonyl (C=O) groups is 3. The molecule has 2 aromatic rings. The van der Waals surface area contributed by atoms with Gasteiger partial charge in [-0.15, -0.1) is 6.58 Å². The molecule has 0 spiro atoms. The molecule has 0 unspecified atom stereocenters. The first-order valence-electron chi connectivity index (χ1n) is 8.99. The molecule has 2 aromatic carbocycles. The average molecular weight is 407 g/mol. The van der Waals surface area contributed by atoms with Crippen molar-refractivity contribution in [2.45, 2.75) is 6.61 Å². The second-order valence-electron chi connectivity index (χ2n) is 6.38. The van der Waals surface area contributed by atoms with Crippen LogP contribution in [0.25, 0.3) is 6.08 Å². The summed E-state index contributed by atoms with van der Waals surface area (Å²) in [5, 5.41) is 13.5. The third-order valence-corrected chi connectivity index (χ3v) is 4.33. The molecule has 0 atom stereocenters. The highest BCUT2D eigenvalue weighted by Gasteiger charge is 2.32. The van der Waals surface area contributed by atoms with Crippen molar-refractivity contribution in [2.24, 2.45) is 0 Å². The largest absolute Gasteiger partial charge is 0.545 e. The molecule has 30 heavy (non-hydrogen) atoms. The van der Waals surface area contributed by atoms with Crippen LogP contribution in [-0.4, -0.2) is 36.5 Å². The van der Waals surface area contributed by atoms with Crippen molar-refractivity contribution in [3.63, 3.8) is 0 Å². The van der Waals surface area contributed by atoms with Gasteiger partial charge in [0.25, 0.3) is 5.91 Å². The Bertz CT molecular complexity index is 1040. The number of urea groups is 1. The lowest BCUT2D eigenvalue weighted by atomic mass is 10.1. The number of benzene rings is 2. The third-order valence-electron chi connectivity index (χ3n) is 4.33. The number of rotatable bonds is 8. The molecule has 0 aliphatic carbocycles. The topological polar surface area (TPSA) is 108 Å². The molecule has 8 nitrogen and oxygen atoms in total. The van der Waals surface area contributed by atoms with E-state index in [0.717, 1.165) is 4.90 Å². The molecule has 154 valence electrons. The fourth-order valence-electron chi connectivity index (χ4n) is 2.88. The zero-order chi connectivity index (χ0) is 21.7. The maximum absolute atomic E-state index is 12.3. The Labute approximate surface area is 173 Å². The first-order chi connectivity index (χ1) is 14.4. The number of methoxy groups -OCH3 is 1. The zero-order valence-corrected chi connectivity index (χ0v) is 16.2. The lowest BCUT2D eigenvalue weighted by molar-refractivity contribution is -0.255. The molecule has 1 aliphatic heterocycles. The van der Waals surface area contributed by atoms with Crippen molar-refractivity contribution in [1.82, 2.24) is 10.2 Å². The van der Waals surface area contributed by atoms with Crippen LogP contribution in [0.5, 0.6) is 11.5 Å². The number of aromatic carboxylic acids is 1. The van der Waals surface area contributed by atoms with Crippen LogP contribution in [0, 0.1) is 0 Å². The van der Waals surface area contributed by atoms with E-state index in [1.807, 2.05) is 0 Å². The van der Waals surface area contributed by atoms with Gasteiger partial charge in [-0.25, -0.2) is 4.79 Å². The van der Waals surface area contributed by atoms with Crippen molar-refractivity contribution in [3.8, 4) is 11.5 Å². The Kier molecular flexibility index (Phi) is 6.17. The molecule has 1 fully saturated rings. The van der Waals surface area contributed by atoms with E-state index in [1.165, 1.54) is 25.3 Å². The van der Waals surface area contributed by atoms with Crippen LogP contribution in [0.4, 0.5) is 4.79 Å². The quantitative estimate of drug-likeness (QED) is 0.406. The van der Waals surface area contributed by atoms with Crippen LogP contribution in [0.1, 0.15) is 21.5 Å². The third kappa shape index (κ3) is 4.49. The summed E-state index contributed by atoms with van der Waals surface area (Å²) in [6.45, 7) is 3.78. The number of ether oxygens (including phenoxy) is 2. The molecular formula is C22H19N2O6-. The smallest absolute Gasteiger partial charge is 0.329 e. The SMILES string of the molecule is C=CCN1C(=O)N/C(=C/c2ccc(OCc3cccc(C(=O)[O-])c3)c(OC)c2)C1=O. The Morgan fingerprint density at radius 3 is 2.70 bits per heavy atom. The number of carbonyl (C=O) groups excluding carboxylic acids is 3. The summed E-state index contributed by atoms with van der Waals surface area (Å²) >= 11 is 0. The Hall–Kier alpha value is -4.07. The summed E-state index contributed by atoms with van der Waals surface area (Å²) in [6, 6.07) is 10.8. The van der Waals surface area contributed by atoms with Gasteiger partial charge in [0.05, 0.1) is 13.1 Å². The monoisotopic (exact) mass is 407 g/mol. The maximum Gasteiger partial charge on any atom is 0.329 e. The summed E-state index contributed by atoms with van der Waals surface area (Å²) in [4.78, 5) is 36.2. The standard InChI is InChI=1S/C22H20N2O6/c1-3-9-24-20(25)17(23-22(24)28)11-14-7-8-18(19(12-14)29-2)30-13-15-5-4-6-16(10-15)21(26)27/h3-8,10-12H,1,9,13H2,2H3,(H,23,28)(H,26,27)/p-1/b17-11+. The number of amides is 3. The van der Waals surface area contributed by atoms with E-state index >= 15 is 0 Å². The lowest BCUT2D eigenvalue weighted by Crippen LogP contribution is -2.30. The van der Waals surface area contributed by atoms with Gasteiger partial charge in [0.1, 0.15) is 12.3 Å². The minimum atomic E-state index is -1.26. The van der Waals surface area contributed by atoms with Crippen molar-refractivity contribution < 1.29 is 29.0 Å². The van der Waals surface area contributed by atoms with E-state index < -0.39 is 17.9 Å². The lowest BCUT2D eigenvalue weighted by Gasteiger charge is -2.12. The molecule has 1 heterocycles. The van der Waals surface area contributed by atoms with E-state index in [4.69, 9.17) is 9.47 Å². The predicted octanol–water partition coefficient (Wildman–Crippen LogP) is 1.72. The Balaban J connectivity index is 1.76. The van der Waals surface area contributed by atoms with Gasteiger partial charge in [0.15, 0.2) is 11.5 Å². The van der Waals surface area contributed by atoms with E-state index in [0.29, 0.717) is 22.6 Å². The molecule has 1 aliphatic rings. The molecule has 0 bridgehead atoms. The van der Waals surface area contributed by atoms with Gasteiger partial charge in [-0.05, 0) is 41.0 Å². The first kappa shape index (κ1) is 20.7. The van der Waals surface area contributed by atoms with Crippen molar-refractivity contribution in [2.75, 3.05) is 13.7 Å². The Morgan fingerprint density at radius 2 is 2.00 bits per heavy atom. The van der Waals surface area contributed by atoms with Crippen LogP contribution >= 0.6 is 0 Å². The van der Waals surface area contributed by atoms with E-state index in [9.17, 15) is 19.5 Å². The highest BCUT2D eigenvalue weighted by atomic mass is 16.5. The maximum atomic E-state index is 12.3. The fourth-order valence-corrected chi connectivity index (χ4v) is 2.88. The van der Waals surface area contributed by atoms with Gasteiger partial charge < -0.3 is 24.7 Å². The Morgan fingerprint density at radius 1 is 1.20 bits per heavy atom. The number of carboxylic acids is 1. The molecule has 8 heteroatoms. The second kappa shape index (κ2) is 8.95. The van der Waals surface area contributed by atoms with Gasteiger partial charge in [-0.3, -0.25) is 9.69 Å². The summed E-state index contributed by atoms with van der Waals surface area (Å²) < 4.78 is 11.1. The van der Waals surface area contributed by atoms with Gasteiger partial charge in [0, 0.05) is 6.54 Å². The van der Waals surface area contributed by atoms with Crippen LogP contribution in [0.15, 0.2) is 60.8 Å². The number of hydrogen-bond donors (Lipinski definition) is 1. The minimum Gasteiger partial charge on any atom is -0.545 e. The van der Waals surface area contributed by atoms with E-state index in [1.54, 1.807) is 36.4 Å². The molecule has 3 rings (SSSR count). The molecule has 3 amide bonds. The van der Waals surface area contributed by atoms with Crippen molar-refractivity contribution >= 4 is 24.0 Å². The number of hydrogen-bond acceptors (Lipinski definition) is 6. The summed E-state index contributed by atoms with van der Waals surface area (Å²) in [6.07, 6.45) is 3.01. The minimum absolute atomic E-state index is 0.0683. The van der Waals surface area contributed by atoms with Crippen LogP contribution < -0.4 is 19.9 Å². The van der Waals surface area contributed by atoms with Gasteiger partial charge in [-0.2, -0.15) is 0 Å². The number of nitrogens with one attached hydrogen (secondary N) is 1. The molecule has 1 N–H and O–H groups in total. The fraction of sp³-hybridized carbons (Fsp3) is 0.136. The average Bonchev–Trinajstić information content (AvgIpc) is 3.00. The highest BCUT2D eigenvalue weighted by Crippen LogP contribution is 2.30. The predicted molar refractivity (Wildman–Crippen MR) is 107 cm³/mol. The normalized spacial score (nSPS) is 14.6. The number of imide groups is 1. The van der Waals surface area contributed by atoms with E-state index in [-0.39, 0.29) is 24.4 Å². The summed E-state index contributed by atoms with van der Waals surface area (Å²) in [5.41, 5.74) is 1.50. The zero-order valence-electron chi connectivity index (χ0n) is 16.2. The number of nitrogens with zero attached hydrogens (tertiary/aromatic N) is 1. The molecule has 0 saturated carbocycles. The van der Waals surface area contributed by atoms with Crippen LogP contribution in [-0.2, 0) is 11.4 Å². The summed E-state index contributed by atoms with van der Waals surface area (Å²) in [5.74, 6) is -0.840. The van der Waals surface area contributed by atoms with Crippen molar-refractivity contribution in [3.05, 3.63) is 77.5 Å². The number of carboxylic acid groups (broad SMARTS) is 1. The van der Waals surface area contributed by atoms with Gasteiger partial charge in [-0.1, -0.05) is 30.3 Å². The molecule has 1 saturated heterocycles. The summed E-state index contributed by atoms with van der Waals surface area (Å²) in [7, 11) is 1.48. The van der Waals surface area contributed by atoms with E-state index in [2.05, 4.69) is 11.9 Å². The highest BCUT2D eigenvalue weighted by molar-refractivity contribution is 6.14. The van der Waals surface area contributed by atoms with Crippen LogP contribution in [0.3, 0.4) is 0 Å². The second-order valence-corrected chi connectivity index (χ2v) is 6.38. The van der Waals surface area contributed by atoms with Crippen LogP contribution in [0.2, 0.25) is 0 Å². The van der Waals surface area contributed by atoms with Gasteiger partial charge >= 0.3 is 6.03 Å². The van der Waals surface area contributed by atoms with Gasteiger partial charge in [0.2, 0.25) is 0 Å². The van der Waals surface area contributed by atoms with Crippen molar-refractivity contribution in [1.29, 1.82) is 0 Å².